The van der Waals surface area contributed by atoms with Crippen molar-refractivity contribution in [3.05, 3.63) is 53.6 Å². The number of rotatable bonds is 4. The van der Waals surface area contributed by atoms with Crippen LogP contribution in [0.5, 0.6) is 5.75 Å². The summed E-state index contributed by atoms with van der Waals surface area (Å²) in [4.78, 5) is 14.4. The summed E-state index contributed by atoms with van der Waals surface area (Å²) in [6.45, 7) is 4.66. The topological polar surface area (TPSA) is 64.6 Å². The highest BCUT2D eigenvalue weighted by molar-refractivity contribution is 5.89. The highest BCUT2D eigenvalue weighted by Crippen LogP contribution is 2.26. The second-order valence-corrected chi connectivity index (χ2v) is 6.17. The lowest BCUT2D eigenvalue weighted by atomic mass is 10.1. The summed E-state index contributed by atoms with van der Waals surface area (Å²) < 4.78 is 0. The number of hydrogen-bond acceptors (Lipinski definition) is 3. The zero-order chi connectivity index (χ0) is 16.9. The van der Waals surface area contributed by atoms with Gasteiger partial charge in [-0.3, -0.25) is 0 Å². The van der Waals surface area contributed by atoms with Gasteiger partial charge < -0.3 is 20.6 Å². The SMILES string of the molecule is Cc1cc(NC(=O)NCc2cccc(O)c2)ccc1N1CCCC1. The quantitative estimate of drug-likeness (QED) is 0.804. The van der Waals surface area contributed by atoms with Crippen LogP contribution in [0.4, 0.5) is 16.2 Å². The Bertz CT molecular complexity index is 724. The minimum absolute atomic E-state index is 0.197. The number of carbonyl (C=O) groups excluding carboxylic acids is 1. The molecule has 1 saturated heterocycles. The zero-order valence-electron chi connectivity index (χ0n) is 13.9. The number of benzene rings is 2. The maximum Gasteiger partial charge on any atom is 0.319 e. The molecule has 126 valence electrons. The third-order valence-electron chi connectivity index (χ3n) is 4.27. The van der Waals surface area contributed by atoms with Crippen LogP contribution in [0.2, 0.25) is 0 Å². The zero-order valence-corrected chi connectivity index (χ0v) is 13.9. The van der Waals surface area contributed by atoms with Crippen LogP contribution in [0.25, 0.3) is 0 Å². The van der Waals surface area contributed by atoms with Crippen molar-refractivity contribution < 1.29 is 9.90 Å². The molecule has 1 heterocycles. The van der Waals surface area contributed by atoms with Crippen molar-refractivity contribution in [2.75, 3.05) is 23.3 Å². The Labute approximate surface area is 142 Å². The lowest BCUT2D eigenvalue weighted by Gasteiger charge is -2.20. The predicted octanol–water partition coefficient (Wildman–Crippen LogP) is 3.62. The number of aromatic hydroxyl groups is 1. The van der Waals surface area contributed by atoms with Crippen LogP contribution in [0.3, 0.4) is 0 Å². The van der Waals surface area contributed by atoms with E-state index in [4.69, 9.17) is 0 Å². The van der Waals surface area contributed by atoms with Crippen LogP contribution in [0.15, 0.2) is 42.5 Å². The molecule has 2 aromatic rings. The first kappa shape index (κ1) is 16.2. The highest BCUT2D eigenvalue weighted by Gasteiger charge is 2.14. The largest absolute Gasteiger partial charge is 0.508 e. The van der Waals surface area contributed by atoms with Crippen molar-refractivity contribution in [3.63, 3.8) is 0 Å². The Morgan fingerprint density at radius 2 is 1.96 bits per heavy atom. The molecule has 3 N–H and O–H groups in total. The van der Waals surface area contributed by atoms with Gasteiger partial charge in [0.25, 0.3) is 0 Å². The van der Waals surface area contributed by atoms with E-state index in [-0.39, 0.29) is 11.8 Å². The van der Waals surface area contributed by atoms with Crippen molar-refractivity contribution >= 4 is 17.4 Å². The summed E-state index contributed by atoms with van der Waals surface area (Å²) in [5.74, 6) is 0.197. The van der Waals surface area contributed by atoms with Gasteiger partial charge >= 0.3 is 6.03 Å². The number of aryl methyl sites for hydroxylation is 1. The molecule has 1 fully saturated rings. The maximum atomic E-state index is 12.0. The van der Waals surface area contributed by atoms with Gasteiger partial charge in [-0.25, -0.2) is 4.79 Å². The van der Waals surface area contributed by atoms with E-state index < -0.39 is 0 Å². The molecule has 0 bridgehead atoms. The second kappa shape index (κ2) is 7.25. The molecule has 5 heteroatoms. The fourth-order valence-electron chi connectivity index (χ4n) is 3.07. The van der Waals surface area contributed by atoms with Crippen LogP contribution in [-0.4, -0.2) is 24.2 Å². The number of urea groups is 1. The normalized spacial score (nSPS) is 13.8. The second-order valence-electron chi connectivity index (χ2n) is 6.17. The molecular formula is C19H23N3O2. The summed E-state index contributed by atoms with van der Waals surface area (Å²) in [5.41, 5.74) is 4.05. The maximum absolute atomic E-state index is 12.0. The fraction of sp³-hybridized carbons (Fsp3) is 0.316. The number of hydrogen-bond donors (Lipinski definition) is 3. The molecule has 0 saturated carbocycles. The molecule has 2 aromatic carbocycles. The summed E-state index contributed by atoms with van der Waals surface area (Å²) in [6, 6.07) is 12.6. The van der Waals surface area contributed by atoms with Gasteiger partial charge in [-0.1, -0.05) is 12.1 Å². The Kier molecular flexibility index (Phi) is 4.89. The molecule has 0 aromatic heterocycles. The Morgan fingerprint density at radius 3 is 2.67 bits per heavy atom. The number of phenolic OH excluding ortho intramolecular Hbond substituents is 1. The van der Waals surface area contributed by atoms with Gasteiger partial charge in [0.05, 0.1) is 0 Å². The summed E-state index contributed by atoms with van der Waals surface area (Å²) in [6.07, 6.45) is 2.49. The molecule has 1 aliphatic heterocycles. The van der Waals surface area contributed by atoms with Crippen LogP contribution < -0.4 is 15.5 Å². The first-order valence-corrected chi connectivity index (χ1v) is 8.30. The molecule has 24 heavy (non-hydrogen) atoms. The Morgan fingerprint density at radius 1 is 1.17 bits per heavy atom. The number of amides is 2. The minimum atomic E-state index is -0.258. The van der Waals surface area contributed by atoms with Gasteiger partial charge in [-0.2, -0.15) is 0 Å². The number of nitrogens with one attached hydrogen (secondary N) is 2. The molecule has 0 spiro atoms. The van der Waals surface area contributed by atoms with Crippen molar-refractivity contribution in [2.45, 2.75) is 26.3 Å². The lowest BCUT2D eigenvalue weighted by Crippen LogP contribution is -2.28. The van der Waals surface area contributed by atoms with Crippen molar-refractivity contribution in [2.24, 2.45) is 0 Å². The first-order chi connectivity index (χ1) is 11.6. The Hall–Kier alpha value is -2.69. The number of carbonyl (C=O) groups is 1. The van der Waals surface area contributed by atoms with Crippen molar-refractivity contribution in [1.29, 1.82) is 0 Å². The lowest BCUT2D eigenvalue weighted by molar-refractivity contribution is 0.251. The monoisotopic (exact) mass is 325 g/mol. The fourth-order valence-corrected chi connectivity index (χ4v) is 3.07. The van der Waals surface area contributed by atoms with Gasteiger partial charge in [0.1, 0.15) is 5.75 Å². The summed E-state index contributed by atoms with van der Waals surface area (Å²) >= 11 is 0. The molecule has 0 radical (unpaired) electrons. The van der Waals surface area contributed by atoms with Crippen LogP contribution in [-0.2, 0) is 6.54 Å². The predicted molar refractivity (Wildman–Crippen MR) is 96.6 cm³/mol. The van der Waals surface area contributed by atoms with E-state index in [2.05, 4.69) is 28.5 Å². The molecule has 0 atom stereocenters. The average Bonchev–Trinajstić information content (AvgIpc) is 3.07. The van der Waals surface area contributed by atoms with E-state index in [1.54, 1.807) is 18.2 Å². The van der Waals surface area contributed by atoms with Crippen LogP contribution >= 0.6 is 0 Å². The molecule has 1 aliphatic rings. The van der Waals surface area contributed by atoms with Gasteiger partial charge in [-0.15, -0.1) is 0 Å². The smallest absolute Gasteiger partial charge is 0.319 e. The van der Waals surface area contributed by atoms with Crippen molar-refractivity contribution in [1.82, 2.24) is 5.32 Å². The minimum Gasteiger partial charge on any atom is -0.508 e. The number of nitrogens with zero attached hydrogens (tertiary/aromatic N) is 1. The van der Waals surface area contributed by atoms with E-state index in [1.165, 1.54) is 24.1 Å². The third kappa shape index (κ3) is 3.98. The van der Waals surface area contributed by atoms with E-state index in [1.807, 2.05) is 18.2 Å². The van der Waals surface area contributed by atoms with Gasteiger partial charge in [-0.05, 0) is 61.2 Å². The standard InChI is InChI=1S/C19H23N3O2/c1-14-11-16(7-8-18(14)22-9-2-3-10-22)21-19(24)20-13-15-5-4-6-17(23)12-15/h4-8,11-12,23H,2-3,9-10,13H2,1H3,(H2,20,21,24). The number of phenols is 1. The first-order valence-electron chi connectivity index (χ1n) is 8.30. The van der Waals surface area contributed by atoms with Gasteiger partial charge in [0.15, 0.2) is 0 Å². The molecule has 2 amide bonds. The van der Waals surface area contributed by atoms with Gasteiger partial charge in [0, 0.05) is 31.0 Å². The van der Waals surface area contributed by atoms with E-state index in [0.29, 0.717) is 6.54 Å². The van der Waals surface area contributed by atoms with Crippen LogP contribution in [0, 0.1) is 6.92 Å². The third-order valence-corrected chi connectivity index (χ3v) is 4.27. The molecule has 3 rings (SSSR count). The van der Waals surface area contributed by atoms with E-state index in [9.17, 15) is 9.90 Å². The highest BCUT2D eigenvalue weighted by atomic mass is 16.3. The Balaban J connectivity index is 1.57. The van der Waals surface area contributed by atoms with Crippen LogP contribution in [0.1, 0.15) is 24.0 Å². The van der Waals surface area contributed by atoms with E-state index in [0.717, 1.165) is 24.3 Å². The molecule has 0 unspecified atom stereocenters. The molecule has 5 nitrogen and oxygen atoms in total. The number of anilines is 2. The average molecular weight is 325 g/mol. The van der Waals surface area contributed by atoms with E-state index >= 15 is 0 Å². The molecular weight excluding hydrogens is 302 g/mol. The molecule has 0 aliphatic carbocycles. The van der Waals surface area contributed by atoms with Gasteiger partial charge in [0.2, 0.25) is 0 Å². The van der Waals surface area contributed by atoms with Crippen molar-refractivity contribution in [3.8, 4) is 5.75 Å². The summed E-state index contributed by atoms with van der Waals surface area (Å²) in [5, 5.41) is 15.1. The summed E-state index contributed by atoms with van der Waals surface area (Å²) in [7, 11) is 0.